The van der Waals surface area contributed by atoms with Crippen LogP contribution in [0.3, 0.4) is 0 Å². The highest BCUT2D eigenvalue weighted by atomic mass is 16.3. The van der Waals surface area contributed by atoms with E-state index in [9.17, 15) is 0 Å². The van der Waals surface area contributed by atoms with Crippen LogP contribution in [0.1, 0.15) is 17.7 Å². The molecule has 10 aromatic carbocycles. The number of allylic oxidation sites excluding steroid dienone is 1. The van der Waals surface area contributed by atoms with Gasteiger partial charge in [-0.2, -0.15) is 0 Å². The molecule has 3 heteroatoms. The maximum Gasteiger partial charge on any atom is 0.135 e. The van der Waals surface area contributed by atoms with Gasteiger partial charge in [0.15, 0.2) is 0 Å². The van der Waals surface area contributed by atoms with E-state index in [4.69, 9.17) is 4.42 Å². The molecule has 0 radical (unpaired) electrons. The van der Waals surface area contributed by atoms with Gasteiger partial charge in [0, 0.05) is 55.6 Å². The Morgan fingerprint density at radius 1 is 0.418 bits per heavy atom. The number of aromatic nitrogens is 1. The molecule has 2 aromatic heterocycles. The summed E-state index contributed by atoms with van der Waals surface area (Å²) in [5.41, 5.74) is 19.5. The number of benzene rings is 10. The van der Waals surface area contributed by atoms with Crippen LogP contribution >= 0.6 is 0 Å². The number of rotatable bonds is 8. The van der Waals surface area contributed by atoms with Crippen LogP contribution < -0.4 is 4.90 Å². The van der Waals surface area contributed by atoms with E-state index in [-0.39, 0.29) is 0 Å². The molecule has 0 aliphatic heterocycles. The molecule has 12 aromatic rings. The maximum absolute atomic E-state index is 6.26. The molecular formula is C64H44N2O. The van der Waals surface area contributed by atoms with Crippen LogP contribution in [0, 0.1) is 0 Å². The molecule has 0 fully saturated rings. The van der Waals surface area contributed by atoms with E-state index in [0.29, 0.717) is 0 Å². The minimum atomic E-state index is 0.892. The van der Waals surface area contributed by atoms with Gasteiger partial charge in [-0.05, 0) is 118 Å². The minimum Gasteiger partial charge on any atom is -0.456 e. The van der Waals surface area contributed by atoms with E-state index in [1.165, 1.54) is 60.9 Å². The number of furan rings is 1. The third-order valence-electron chi connectivity index (χ3n) is 13.6. The standard InChI is InChI=1S/C64H44N2O/c1-3-18-43(19-4-1)51-31-15-20-44-21-16-33-56(63(44)51)53-28-7-10-35-59(53)65(49-26-13-22-45(40-49)46-38-39-62-58(42-46)55-30-9-12-37-61(55)67-62)50-27-14-23-47(41-50)52-32-17-34-57-54-29-8-11-36-60(54)66(64(52)57)48-24-5-2-6-25-48/h1-10,12-35,37-42H,11,36H2. The second-order valence-corrected chi connectivity index (χ2v) is 17.5. The second kappa shape index (κ2) is 16.1. The van der Waals surface area contributed by atoms with Crippen LogP contribution in [-0.2, 0) is 6.42 Å². The van der Waals surface area contributed by atoms with Crippen molar-refractivity contribution in [2.75, 3.05) is 4.90 Å². The predicted octanol–water partition coefficient (Wildman–Crippen LogP) is 17.8. The summed E-state index contributed by atoms with van der Waals surface area (Å²) in [6.07, 6.45) is 6.68. The third-order valence-corrected chi connectivity index (χ3v) is 13.6. The van der Waals surface area contributed by atoms with E-state index in [0.717, 1.165) is 74.1 Å². The van der Waals surface area contributed by atoms with Crippen molar-refractivity contribution < 1.29 is 4.42 Å². The van der Waals surface area contributed by atoms with Gasteiger partial charge in [-0.25, -0.2) is 0 Å². The zero-order valence-corrected chi connectivity index (χ0v) is 36.8. The average Bonchev–Trinajstić information content (AvgIpc) is 3.95. The van der Waals surface area contributed by atoms with Gasteiger partial charge in [0.1, 0.15) is 11.2 Å². The van der Waals surface area contributed by atoms with Gasteiger partial charge in [0.25, 0.3) is 0 Å². The van der Waals surface area contributed by atoms with Crippen molar-refractivity contribution in [2.24, 2.45) is 0 Å². The Labute approximate surface area is 389 Å². The molecule has 1 aliphatic carbocycles. The fourth-order valence-electron chi connectivity index (χ4n) is 10.7. The summed E-state index contributed by atoms with van der Waals surface area (Å²) in [7, 11) is 0. The minimum absolute atomic E-state index is 0.892. The summed E-state index contributed by atoms with van der Waals surface area (Å²) < 4.78 is 8.77. The van der Waals surface area contributed by atoms with Crippen molar-refractivity contribution in [3.05, 3.63) is 248 Å². The quantitative estimate of drug-likeness (QED) is 0.152. The number of nitrogens with zero attached hydrogens (tertiary/aromatic N) is 2. The Morgan fingerprint density at radius 2 is 1.03 bits per heavy atom. The van der Waals surface area contributed by atoms with Crippen molar-refractivity contribution in [2.45, 2.75) is 12.8 Å². The number of hydrogen-bond acceptors (Lipinski definition) is 2. The summed E-state index contributed by atoms with van der Waals surface area (Å²) >= 11 is 0. The van der Waals surface area contributed by atoms with E-state index >= 15 is 0 Å². The van der Waals surface area contributed by atoms with Crippen LogP contribution in [0.5, 0.6) is 0 Å². The number of fused-ring (bicyclic) bond motifs is 7. The second-order valence-electron chi connectivity index (χ2n) is 17.5. The molecular weight excluding hydrogens is 813 g/mol. The lowest BCUT2D eigenvalue weighted by molar-refractivity contribution is 0.669. The first-order valence-corrected chi connectivity index (χ1v) is 23.2. The average molecular weight is 857 g/mol. The summed E-state index contributed by atoms with van der Waals surface area (Å²) in [6, 6.07) is 83.8. The molecule has 67 heavy (non-hydrogen) atoms. The predicted molar refractivity (Wildman–Crippen MR) is 282 cm³/mol. The maximum atomic E-state index is 6.26. The summed E-state index contributed by atoms with van der Waals surface area (Å²) in [6.45, 7) is 0. The summed E-state index contributed by atoms with van der Waals surface area (Å²) in [4.78, 5) is 2.46. The molecule has 0 N–H and O–H groups in total. The van der Waals surface area contributed by atoms with Crippen LogP contribution in [0.25, 0.3) is 99.9 Å². The van der Waals surface area contributed by atoms with E-state index in [1.807, 2.05) is 12.1 Å². The van der Waals surface area contributed by atoms with Crippen LogP contribution in [0.4, 0.5) is 17.1 Å². The summed E-state index contributed by atoms with van der Waals surface area (Å²) in [5, 5.41) is 5.96. The molecule has 0 atom stereocenters. The molecule has 2 heterocycles. The molecule has 0 saturated carbocycles. The van der Waals surface area contributed by atoms with Crippen LogP contribution in [-0.4, -0.2) is 4.57 Å². The van der Waals surface area contributed by atoms with Gasteiger partial charge in [0.05, 0.1) is 11.2 Å². The van der Waals surface area contributed by atoms with Crippen LogP contribution in [0.15, 0.2) is 241 Å². The number of para-hydroxylation sites is 4. The lowest BCUT2D eigenvalue weighted by Gasteiger charge is -2.29. The van der Waals surface area contributed by atoms with Crippen LogP contribution in [0.2, 0.25) is 0 Å². The highest BCUT2D eigenvalue weighted by molar-refractivity contribution is 6.10. The van der Waals surface area contributed by atoms with Crippen molar-refractivity contribution in [3.8, 4) is 50.2 Å². The van der Waals surface area contributed by atoms with Crippen molar-refractivity contribution in [1.29, 1.82) is 0 Å². The molecule has 3 nitrogen and oxygen atoms in total. The first-order chi connectivity index (χ1) is 33.2. The third kappa shape index (κ3) is 6.58. The van der Waals surface area contributed by atoms with Gasteiger partial charge < -0.3 is 13.9 Å². The Hall–Kier alpha value is -8.66. The van der Waals surface area contributed by atoms with Gasteiger partial charge in [0.2, 0.25) is 0 Å². The Bertz CT molecular complexity index is 3870. The number of anilines is 3. The fourth-order valence-corrected chi connectivity index (χ4v) is 10.7. The first kappa shape index (κ1) is 38.8. The number of hydrogen-bond donors (Lipinski definition) is 0. The topological polar surface area (TPSA) is 21.3 Å². The first-order valence-electron chi connectivity index (χ1n) is 23.2. The molecule has 0 bridgehead atoms. The van der Waals surface area contributed by atoms with E-state index < -0.39 is 0 Å². The molecule has 13 rings (SSSR count). The lowest BCUT2D eigenvalue weighted by Crippen LogP contribution is -2.11. The molecule has 0 amide bonds. The van der Waals surface area contributed by atoms with Crippen molar-refractivity contribution in [3.63, 3.8) is 0 Å². The Balaban J connectivity index is 1.04. The van der Waals surface area contributed by atoms with Crippen molar-refractivity contribution >= 4 is 66.8 Å². The smallest absolute Gasteiger partial charge is 0.135 e. The van der Waals surface area contributed by atoms with E-state index in [1.54, 1.807) is 0 Å². The molecule has 0 unspecified atom stereocenters. The normalized spacial score (nSPS) is 12.3. The van der Waals surface area contributed by atoms with Gasteiger partial charge >= 0.3 is 0 Å². The zero-order chi connectivity index (χ0) is 44.3. The zero-order valence-electron chi connectivity index (χ0n) is 36.8. The van der Waals surface area contributed by atoms with Gasteiger partial charge in [-0.3, -0.25) is 0 Å². The molecule has 316 valence electrons. The van der Waals surface area contributed by atoms with Crippen molar-refractivity contribution in [1.82, 2.24) is 4.57 Å². The highest BCUT2D eigenvalue weighted by Crippen LogP contribution is 2.47. The molecule has 1 aliphatic rings. The largest absolute Gasteiger partial charge is 0.456 e. The highest BCUT2D eigenvalue weighted by Gasteiger charge is 2.24. The van der Waals surface area contributed by atoms with E-state index in [2.05, 4.69) is 240 Å². The van der Waals surface area contributed by atoms with Gasteiger partial charge in [-0.1, -0.05) is 182 Å². The monoisotopic (exact) mass is 856 g/mol. The molecule has 0 spiro atoms. The SMILES string of the molecule is C1=Cc2c(n(-c3ccccc3)c3c(-c4cccc(N(c5cccc(-c6ccc7oc8ccccc8c7c6)c5)c5ccccc5-c5cccc6cccc(-c7ccccc7)c56)c4)cccc23)CC1. The van der Waals surface area contributed by atoms with Gasteiger partial charge in [-0.15, -0.1) is 0 Å². The molecule has 0 saturated heterocycles. The Kier molecular flexibility index (Phi) is 9.31. The lowest BCUT2D eigenvalue weighted by atomic mass is 9.90. The fraction of sp³-hybridized carbons (Fsp3) is 0.0312. The summed E-state index contributed by atoms with van der Waals surface area (Å²) in [5.74, 6) is 0. The Morgan fingerprint density at radius 3 is 1.88 bits per heavy atom.